The quantitative estimate of drug-likeness (QED) is 0.778. The number of halogens is 2. The minimum atomic E-state index is 0.540. The summed E-state index contributed by atoms with van der Waals surface area (Å²) < 4.78 is 5.67. The molecule has 1 heterocycles. The summed E-state index contributed by atoms with van der Waals surface area (Å²) in [4.78, 5) is 4.85. The zero-order chi connectivity index (χ0) is 13.7. The van der Waals surface area contributed by atoms with Gasteiger partial charge in [0, 0.05) is 38.8 Å². The number of hydrogen-bond acceptors (Lipinski definition) is 3. The third-order valence-corrected chi connectivity index (χ3v) is 4.11. The van der Waals surface area contributed by atoms with E-state index in [4.69, 9.17) is 27.9 Å². The predicted molar refractivity (Wildman–Crippen MR) is 80.5 cm³/mol. The molecule has 1 aromatic rings. The summed E-state index contributed by atoms with van der Waals surface area (Å²) in [7, 11) is 2.17. The van der Waals surface area contributed by atoms with Crippen LogP contribution in [0.5, 0.6) is 5.75 Å². The predicted octanol–water partition coefficient (Wildman–Crippen LogP) is 3.01. The van der Waals surface area contributed by atoms with E-state index in [1.807, 2.05) is 6.07 Å². The highest BCUT2D eigenvalue weighted by Gasteiger charge is 2.12. The second kappa shape index (κ2) is 7.34. The molecule has 3 nitrogen and oxygen atoms in total. The highest BCUT2D eigenvalue weighted by molar-refractivity contribution is 6.42. The molecule has 0 saturated carbocycles. The molecule has 1 saturated heterocycles. The minimum Gasteiger partial charge on any atom is -0.493 e. The zero-order valence-electron chi connectivity index (χ0n) is 11.2. The summed E-state index contributed by atoms with van der Waals surface area (Å²) in [5, 5.41) is 1.10. The fraction of sp³-hybridized carbons (Fsp3) is 0.571. The molecule has 0 N–H and O–H groups in total. The summed E-state index contributed by atoms with van der Waals surface area (Å²) in [5.41, 5.74) is 0. The summed E-state index contributed by atoms with van der Waals surface area (Å²) in [6.07, 6.45) is 1.03. The Morgan fingerprint density at radius 1 is 1.11 bits per heavy atom. The van der Waals surface area contributed by atoms with E-state index in [-0.39, 0.29) is 0 Å². The van der Waals surface area contributed by atoms with Crippen molar-refractivity contribution in [2.24, 2.45) is 0 Å². The molecule has 5 heteroatoms. The van der Waals surface area contributed by atoms with Crippen molar-refractivity contribution in [2.45, 2.75) is 6.42 Å². The molecule has 1 aromatic carbocycles. The molecule has 0 amide bonds. The van der Waals surface area contributed by atoms with Gasteiger partial charge in [-0.1, -0.05) is 23.2 Å². The molecular formula is C14H20Cl2N2O. The van der Waals surface area contributed by atoms with Gasteiger partial charge in [-0.15, -0.1) is 0 Å². The van der Waals surface area contributed by atoms with Crippen LogP contribution in [0.3, 0.4) is 0 Å². The van der Waals surface area contributed by atoms with Crippen molar-refractivity contribution in [3.05, 3.63) is 28.2 Å². The highest BCUT2D eigenvalue weighted by Crippen LogP contribution is 2.26. The standard InChI is InChI=1S/C14H20Cl2N2O/c1-17-6-8-18(9-7-17)5-2-10-19-12-3-4-13(15)14(16)11-12/h3-4,11H,2,5-10H2,1H3. The van der Waals surface area contributed by atoms with Gasteiger partial charge < -0.3 is 14.5 Å². The second-order valence-electron chi connectivity index (χ2n) is 4.92. The Balaban J connectivity index is 1.65. The van der Waals surface area contributed by atoms with Crippen molar-refractivity contribution in [1.29, 1.82) is 0 Å². The molecule has 0 aromatic heterocycles. The number of hydrogen-bond donors (Lipinski definition) is 0. The molecule has 1 fully saturated rings. The maximum absolute atomic E-state index is 5.94. The average molecular weight is 303 g/mol. The SMILES string of the molecule is CN1CCN(CCCOc2ccc(Cl)c(Cl)c2)CC1. The molecule has 2 rings (SSSR count). The summed E-state index contributed by atoms with van der Waals surface area (Å²) in [6, 6.07) is 5.38. The molecule has 0 spiro atoms. The van der Waals surface area contributed by atoms with E-state index in [2.05, 4.69) is 16.8 Å². The van der Waals surface area contributed by atoms with Crippen LogP contribution >= 0.6 is 23.2 Å². The van der Waals surface area contributed by atoms with Gasteiger partial charge in [0.15, 0.2) is 0 Å². The summed E-state index contributed by atoms with van der Waals surface area (Å²) >= 11 is 11.8. The molecule has 0 bridgehead atoms. The highest BCUT2D eigenvalue weighted by atomic mass is 35.5. The van der Waals surface area contributed by atoms with Gasteiger partial charge in [0.05, 0.1) is 16.7 Å². The van der Waals surface area contributed by atoms with E-state index in [9.17, 15) is 0 Å². The lowest BCUT2D eigenvalue weighted by molar-refractivity contribution is 0.145. The average Bonchev–Trinajstić information content (AvgIpc) is 2.41. The number of nitrogens with zero attached hydrogens (tertiary/aromatic N) is 2. The van der Waals surface area contributed by atoms with Gasteiger partial charge in [-0.2, -0.15) is 0 Å². The number of benzene rings is 1. The normalized spacial score (nSPS) is 17.6. The fourth-order valence-electron chi connectivity index (χ4n) is 2.12. The first-order valence-corrected chi connectivity index (χ1v) is 7.39. The van der Waals surface area contributed by atoms with Crippen LogP contribution in [0.15, 0.2) is 18.2 Å². The number of rotatable bonds is 5. The lowest BCUT2D eigenvalue weighted by atomic mass is 10.3. The van der Waals surface area contributed by atoms with Crippen LogP contribution in [0.1, 0.15) is 6.42 Å². The van der Waals surface area contributed by atoms with E-state index < -0.39 is 0 Å². The van der Waals surface area contributed by atoms with Crippen LogP contribution < -0.4 is 4.74 Å². The van der Waals surface area contributed by atoms with Gasteiger partial charge in [0.1, 0.15) is 5.75 Å². The third kappa shape index (κ3) is 4.84. The maximum Gasteiger partial charge on any atom is 0.120 e. The Morgan fingerprint density at radius 2 is 1.84 bits per heavy atom. The third-order valence-electron chi connectivity index (χ3n) is 3.37. The van der Waals surface area contributed by atoms with Crippen LogP contribution in [0.25, 0.3) is 0 Å². The molecule has 0 unspecified atom stereocenters. The smallest absolute Gasteiger partial charge is 0.120 e. The van der Waals surface area contributed by atoms with Crippen molar-refractivity contribution < 1.29 is 4.74 Å². The Morgan fingerprint density at radius 3 is 2.53 bits per heavy atom. The van der Waals surface area contributed by atoms with Crippen LogP contribution in [-0.2, 0) is 0 Å². The van der Waals surface area contributed by atoms with Gasteiger partial charge >= 0.3 is 0 Å². The molecule has 19 heavy (non-hydrogen) atoms. The Bertz CT molecular complexity index is 406. The largest absolute Gasteiger partial charge is 0.493 e. The monoisotopic (exact) mass is 302 g/mol. The molecule has 0 aliphatic carbocycles. The molecular weight excluding hydrogens is 283 g/mol. The molecule has 1 aliphatic heterocycles. The number of ether oxygens (including phenoxy) is 1. The van der Waals surface area contributed by atoms with E-state index in [0.717, 1.165) is 44.9 Å². The summed E-state index contributed by atoms with van der Waals surface area (Å²) in [6.45, 7) is 6.44. The first kappa shape index (κ1) is 14.9. The lowest BCUT2D eigenvalue weighted by Gasteiger charge is -2.32. The van der Waals surface area contributed by atoms with Crippen LogP contribution in [0.2, 0.25) is 10.0 Å². The van der Waals surface area contributed by atoms with Crippen molar-refractivity contribution in [3.63, 3.8) is 0 Å². The van der Waals surface area contributed by atoms with E-state index in [0.29, 0.717) is 16.7 Å². The maximum atomic E-state index is 5.94. The Kier molecular flexibility index (Phi) is 5.76. The first-order valence-electron chi connectivity index (χ1n) is 6.64. The first-order chi connectivity index (χ1) is 9.15. The van der Waals surface area contributed by atoms with Gasteiger partial charge in [-0.25, -0.2) is 0 Å². The number of piperazine rings is 1. The molecule has 106 valence electrons. The van der Waals surface area contributed by atoms with Crippen molar-refractivity contribution >= 4 is 23.2 Å². The van der Waals surface area contributed by atoms with Gasteiger partial charge in [-0.05, 0) is 25.6 Å². The number of likely N-dealkylation sites (N-methyl/N-ethyl adjacent to an activating group) is 1. The van der Waals surface area contributed by atoms with Crippen LogP contribution in [0.4, 0.5) is 0 Å². The van der Waals surface area contributed by atoms with E-state index in [1.165, 1.54) is 0 Å². The molecule has 0 atom stereocenters. The second-order valence-corrected chi connectivity index (χ2v) is 5.74. The van der Waals surface area contributed by atoms with Crippen LogP contribution in [-0.4, -0.2) is 56.2 Å². The fourth-order valence-corrected chi connectivity index (χ4v) is 2.40. The Hall–Kier alpha value is -0.480. The van der Waals surface area contributed by atoms with E-state index in [1.54, 1.807) is 12.1 Å². The lowest BCUT2D eigenvalue weighted by Crippen LogP contribution is -2.44. The van der Waals surface area contributed by atoms with Gasteiger partial charge in [0.2, 0.25) is 0 Å². The van der Waals surface area contributed by atoms with Gasteiger partial charge in [-0.3, -0.25) is 0 Å². The van der Waals surface area contributed by atoms with Crippen molar-refractivity contribution in [3.8, 4) is 5.75 Å². The molecule has 0 radical (unpaired) electrons. The summed E-state index contributed by atoms with van der Waals surface area (Å²) in [5.74, 6) is 0.785. The van der Waals surface area contributed by atoms with Crippen LogP contribution in [0, 0.1) is 0 Å². The van der Waals surface area contributed by atoms with Crippen molar-refractivity contribution in [2.75, 3.05) is 46.4 Å². The van der Waals surface area contributed by atoms with Gasteiger partial charge in [0.25, 0.3) is 0 Å². The molecule has 1 aliphatic rings. The topological polar surface area (TPSA) is 15.7 Å². The minimum absolute atomic E-state index is 0.540. The van der Waals surface area contributed by atoms with Crippen molar-refractivity contribution in [1.82, 2.24) is 9.80 Å². The zero-order valence-corrected chi connectivity index (χ0v) is 12.8. The van der Waals surface area contributed by atoms with E-state index >= 15 is 0 Å². The Labute approximate surface area is 125 Å².